The summed E-state index contributed by atoms with van der Waals surface area (Å²) in [6.07, 6.45) is 4.17. The van der Waals surface area contributed by atoms with Gasteiger partial charge in [0, 0.05) is 6.54 Å². The number of carbonyl (C=O) groups excluding carboxylic acids is 1. The average Bonchev–Trinajstić information content (AvgIpc) is 3.00. The van der Waals surface area contributed by atoms with Crippen LogP contribution in [0.3, 0.4) is 0 Å². The van der Waals surface area contributed by atoms with E-state index in [9.17, 15) is 9.90 Å². The van der Waals surface area contributed by atoms with Gasteiger partial charge in [0.1, 0.15) is 5.60 Å². The van der Waals surface area contributed by atoms with E-state index in [0.717, 1.165) is 25.7 Å². The Balaban J connectivity index is 1.48. The van der Waals surface area contributed by atoms with Crippen molar-refractivity contribution in [1.82, 2.24) is 4.90 Å². The quantitative estimate of drug-likeness (QED) is 0.861. The molecule has 1 heterocycles. The number of aliphatic hydroxyl groups is 1. The molecule has 5 nitrogen and oxygen atoms in total. The molecule has 150 valence electrons. The Bertz CT molecular complexity index is 604. The third-order valence-corrected chi connectivity index (χ3v) is 5.59. The predicted molar refractivity (Wildman–Crippen MR) is 105 cm³/mol. The molecule has 2 aliphatic rings. The van der Waals surface area contributed by atoms with Crippen molar-refractivity contribution in [1.29, 1.82) is 0 Å². The Labute approximate surface area is 162 Å². The Morgan fingerprint density at radius 1 is 1.11 bits per heavy atom. The van der Waals surface area contributed by atoms with Crippen molar-refractivity contribution in [2.45, 2.75) is 82.6 Å². The molecule has 1 aromatic carbocycles. The van der Waals surface area contributed by atoms with Crippen LogP contribution < -0.4 is 0 Å². The van der Waals surface area contributed by atoms with E-state index in [2.05, 4.69) is 30.3 Å². The number of ether oxygens (including phenoxy) is 2. The first-order valence-electron chi connectivity index (χ1n) is 10.2. The van der Waals surface area contributed by atoms with Gasteiger partial charge < -0.3 is 19.5 Å². The summed E-state index contributed by atoms with van der Waals surface area (Å²) >= 11 is 0. The minimum Gasteiger partial charge on any atom is -0.444 e. The highest BCUT2D eigenvalue weighted by Crippen LogP contribution is 2.34. The van der Waals surface area contributed by atoms with Crippen molar-refractivity contribution in [3.8, 4) is 0 Å². The normalized spacial score (nSPS) is 29.0. The van der Waals surface area contributed by atoms with Crippen LogP contribution in [0.5, 0.6) is 0 Å². The SMILES string of the molecule is CC(C)(C)OC(=O)N1CC[C@@H](O)[C@H]1CO[C@H]1CC[C@@H](c2ccccc2)CC1. The Morgan fingerprint density at radius 3 is 2.41 bits per heavy atom. The molecular formula is C22H33NO4. The van der Waals surface area contributed by atoms with Gasteiger partial charge in [-0.2, -0.15) is 0 Å². The van der Waals surface area contributed by atoms with Crippen LogP contribution in [0.15, 0.2) is 30.3 Å². The summed E-state index contributed by atoms with van der Waals surface area (Å²) in [4.78, 5) is 14.0. The Kier molecular flexibility index (Phi) is 6.43. The summed E-state index contributed by atoms with van der Waals surface area (Å²) in [5.41, 5.74) is 0.879. The third kappa shape index (κ3) is 5.45. The van der Waals surface area contributed by atoms with E-state index in [4.69, 9.17) is 9.47 Å². The van der Waals surface area contributed by atoms with Gasteiger partial charge in [0.15, 0.2) is 0 Å². The molecule has 5 heteroatoms. The fraction of sp³-hybridized carbons (Fsp3) is 0.682. The van der Waals surface area contributed by atoms with E-state index in [-0.39, 0.29) is 18.2 Å². The lowest BCUT2D eigenvalue weighted by Crippen LogP contribution is -2.45. The lowest BCUT2D eigenvalue weighted by atomic mass is 9.83. The maximum absolute atomic E-state index is 12.4. The second-order valence-electron chi connectivity index (χ2n) is 8.81. The molecule has 3 rings (SSSR count). The molecule has 1 aliphatic heterocycles. The van der Waals surface area contributed by atoms with Crippen LogP contribution in [0.1, 0.15) is 64.4 Å². The average molecular weight is 376 g/mol. The Hall–Kier alpha value is -1.59. The molecule has 0 bridgehead atoms. The molecule has 1 saturated heterocycles. The van der Waals surface area contributed by atoms with Crippen molar-refractivity contribution in [2.75, 3.05) is 13.2 Å². The molecule has 1 N–H and O–H groups in total. The summed E-state index contributed by atoms with van der Waals surface area (Å²) in [6.45, 7) is 6.46. The highest BCUT2D eigenvalue weighted by molar-refractivity contribution is 5.69. The van der Waals surface area contributed by atoms with Crippen LogP contribution in [-0.2, 0) is 9.47 Å². The number of nitrogens with zero attached hydrogens (tertiary/aromatic N) is 1. The van der Waals surface area contributed by atoms with Gasteiger partial charge in [-0.15, -0.1) is 0 Å². The Morgan fingerprint density at radius 2 is 1.78 bits per heavy atom. The van der Waals surface area contributed by atoms with E-state index in [1.807, 2.05) is 20.8 Å². The topological polar surface area (TPSA) is 59.0 Å². The molecule has 2 fully saturated rings. The highest BCUT2D eigenvalue weighted by Gasteiger charge is 2.39. The fourth-order valence-electron chi connectivity index (χ4n) is 4.11. The van der Waals surface area contributed by atoms with Gasteiger partial charge in [0.05, 0.1) is 24.9 Å². The smallest absolute Gasteiger partial charge is 0.410 e. The number of likely N-dealkylation sites (tertiary alicyclic amines) is 1. The minimum atomic E-state index is -0.543. The number of benzene rings is 1. The highest BCUT2D eigenvalue weighted by atomic mass is 16.6. The van der Waals surface area contributed by atoms with Gasteiger partial charge in [-0.3, -0.25) is 0 Å². The molecule has 0 aromatic heterocycles. The van der Waals surface area contributed by atoms with Gasteiger partial charge in [-0.25, -0.2) is 4.79 Å². The molecular weight excluding hydrogens is 342 g/mol. The zero-order chi connectivity index (χ0) is 19.4. The molecule has 1 aromatic rings. The monoisotopic (exact) mass is 375 g/mol. The lowest BCUT2D eigenvalue weighted by Gasteiger charge is -2.32. The first-order valence-corrected chi connectivity index (χ1v) is 10.2. The van der Waals surface area contributed by atoms with E-state index in [0.29, 0.717) is 25.5 Å². The number of rotatable bonds is 4. The first kappa shape index (κ1) is 20.2. The van der Waals surface area contributed by atoms with E-state index >= 15 is 0 Å². The zero-order valence-electron chi connectivity index (χ0n) is 16.8. The largest absolute Gasteiger partial charge is 0.444 e. The molecule has 0 spiro atoms. The van der Waals surface area contributed by atoms with Gasteiger partial charge in [-0.05, 0) is 64.4 Å². The fourth-order valence-corrected chi connectivity index (χ4v) is 4.11. The van der Waals surface area contributed by atoms with Crippen LogP contribution >= 0.6 is 0 Å². The molecule has 1 amide bonds. The molecule has 1 saturated carbocycles. The first-order chi connectivity index (χ1) is 12.8. The van der Waals surface area contributed by atoms with Crippen LogP contribution in [0.2, 0.25) is 0 Å². The molecule has 0 radical (unpaired) electrons. The minimum absolute atomic E-state index is 0.207. The summed E-state index contributed by atoms with van der Waals surface area (Å²) in [6, 6.07) is 10.4. The number of aliphatic hydroxyl groups excluding tert-OH is 1. The second kappa shape index (κ2) is 8.61. The second-order valence-corrected chi connectivity index (χ2v) is 8.81. The van der Waals surface area contributed by atoms with Crippen LogP contribution in [0.4, 0.5) is 4.79 Å². The van der Waals surface area contributed by atoms with Gasteiger partial charge in [-0.1, -0.05) is 30.3 Å². The molecule has 1 aliphatic carbocycles. The van der Waals surface area contributed by atoms with Crippen LogP contribution in [-0.4, -0.2) is 53.1 Å². The van der Waals surface area contributed by atoms with E-state index in [1.54, 1.807) is 4.90 Å². The van der Waals surface area contributed by atoms with Crippen molar-refractivity contribution in [3.05, 3.63) is 35.9 Å². The maximum atomic E-state index is 12.4. The number of carbonyl (C=O) groups is 1. The predicted octanol–water partition coefficient (Wildman–Crippen LogP) is 4.10. The summed E-state index contributed by atoms with van der Waals surface area (Å²) in [5.74, 6) is 0.612. The van der Waals surface area contributed by atoms with Crippen LogP contribution in [0, 0.1) is 0 Å². The number of amides is 1. The van der Waals surface area contributed by atoms with Crippen molar-refractivity contribution in [2.24, 2.45) is 0 Å². The van der Waals surface area contributed by atoms with E-state index < -0.39 is 11.7 Å². The van der Waals surface area contributed by atoms with Crippen molar-refractivity contribution < 1.29 is 19.4 Å². The number of hydrogen-bond acceptors (Lipinski definition) is 4. The van der Waals surface area contributed by atoms with E-state index in [1.165, 1.54) is 5.56 Å². The lowest BCUT2D eigenvalue weighted by molar-refractivity contribution is -0.0337. The number of hydrogen-bond donors (Lipinski definition) is 1. The molecule has 27 heavy (non-hydrogen) atoms. The standard InChI is InChI=1S/C22H33NO4/c1-22(2,3)27-21(25)23-14-13-20(24)19(23)15-26-18-11-9-17(10-12-18)16-7-5-4-6-8-16/h4-8,17-20,24H,9-15H2,1-3H3/t17-,18+,19-,20-/m1/s1. The summed E-state index contributed by atoms with van der Waals surface area (Å²) < 4.78 is 11.6. The van der Waals surface area contributed by atoms with Crippen molar-refractivity contribution in [3.63, 3.8) is 0 Å². The van der Waals surface area contributed by atoms with Gasteiger partial charge in [0.2, 0.25) is 0 Å². The third-order valence-electron chi connectivity index (χ3n) is 5.59. The van der Waals surface area contributed by atoms with Crippen molar-refractivity contribution >= 4 is 6.09 Å². The summed E-state index contributed by atoms with van der Waals surface area (Å²) in [5, 5.41) is 10.3. The van der Waals surface area contributed by atoms with Gasteiger partial charge in [0.25, 0.3) is 0 Å². The summed E-state index contributed by atoms with van der Waals surface area (Å²) in [7, 11) is 0. The van der Waals surface area contributed by atoms with Gasteiger partial charge >= 0.3 is 6.09 Å². The van der Waals surface area contributed by atoms with Crippen LogP contribution in [0.25, 0.3) is 0 Å². The molecule has 2 atom stereocenters. The zero-order valence-corrected chi connectivity index (χ0v) is 16.8. The maximum Gasteiger partial charge on any atom is 0.410 e. The molecule has 0 unspecified atom stereocenters.